The van der Waals surface area contributed by atoms with Gasteiger partial charge in [0.25, 0.3) is 0 Å². The third-order valence-electron chi connectivity index (χ3n) is 5.41. The van der Waals surface area contributed by atoms with Crippen LogP contribution in [0.25, 0.3) is 10.9 Å². The predicted molar refractivity (Wildman–Crippen MR) is 118 cm³/mol. The molecule has 2 aromatic rings. The number of anilines is 1. The average molecular weight is 425 g/mol. The van der Waals surface area contributed by atoms with E-state index in [0.29, 0.717) is 23.7 Å². The SMILES string of the molecule is CCCCCCOCCCCCCCCc1c(C(F)(F)F)nc2ccccc2c1N. The molecule has 0 aliphatic heterocycles. The van der Waals surface area contributed by atoms with Crippen molar-refractivity contribution in [1.82, 2.24) is 4.98 Å². The summed E-state index contributed by atoms with van der Waals surface area (Å²) in [5, 5.41) is 0.593. The average Bonchev–Trinajstić information content (AvgIpc) is 2.72. The minimum absolute atomic E-state index is 0.137. The van der Waals surface area contributed by atoms with E-state index >= 15 is 0 Å². The number of nitrogen functional groups attached to an aromatic ring is 1. The molecule has 0 fully saturated rings. The highest BCUT2D eigenvalue weighted by molar-refractivity contribution is 5.92. The number of unbranched alkanes of at least 4 members (excludes halogenated alkanes) is 8. The molecule has 0 saturated carbocycles. The summed E-state index contributed by atoms with van der Waals surface area (Å²) in [5.74, 6) is 0. The van der Waals surface area contributed by atoms with Gasteiger partial charge < -0.3 is 10.5 Å². The van der Waals surface area contributed by atoms with Crippen LogP contribution in [0.5, 0.6) is 0 Å². The number of aromatic nitrogens is 1. The van der Waals surface area contributed by atoms with Crippen molar-refractivity contribution in [2.45, 2.75) is 83.7 Å². The van der Waals surface area contributed by atoms with Gasteiger partial charge in [-0.25, -0.2) is 4.98 Å². The molecule has 0 amide bonds. The highest BCUT2D eigenvalue weighted by Crippen LogP contribution is 2.37. The lowest BCUT2D eigenvalue weighted by Gasteiger charge is -2.16. The van der Waals surface area contributed by atoms with Crippen LogP contribution in [0.2, 0.25) is 0 Å². The standard InChI is InChI=1S/C24H35F3N2O/c1-2-3-4-12-17-30-18-13-8-6-5-7-9-15-20-22(28)19-14-10-11-16-21(19)29-23(20)24(25,26)27/h10-11,14,16H,2-9,12-13,15,17-18H2,1H3,(H2,28,29). The number of halogens is 3. The first kappa shape index (κ1) is 24.4. The van der Waals surface area contributed by atoms with Gasteiger partial charge in [0, 0.05) is 29.9 Å². The van der Waals surface area contributed by atoms with Gasteiger partial charge in [-0.05, 0) is 31.7 Å². The van der Waals surface area contributed by atoms with Crippen molar-refractivity contribution < 1.29 is 17.9 Å². The Bertz CT molecular complexity index is 762. The zero-order valence-electron chi connectivity index (χ0n) is 18.1. The number of benzene rings is 1. The van der Waals surface area contributed by atoms with Gasteiger partial charge in [-0.3, -0.25) is 0 Å². The molecule has 0 aliphatic carbocycles. The van der Waals surface area contributed by atoms with Gasteiger partial charge in [0.1, 0.15) is 5.69 Å². The number of hydrogen-bond acceptors (Lipinski definition) is 3. The van der Waals surface area contributed by atoms with Crippen LogP contribution in [0.4, 0.5) is 18.9 Å². The van der Waals surface area contributed by atoms with E-state index in [4.69, 9.17) is 10.5 Å². The zero-order chi connectivity index (χ0) is 21.8. The van der Waals surface area contributed by atoms with E-state index < -0.39 is 11.9 Å². The molecule has 0 spiro atoms. The van der Waals surface area contributed by atoms with Crippen molar-refractivity contribution in [3.63, 3.8) is 0 Å². The fraction of sp³-hybridized carbons (Fsp3) is 0.625. The van der Waals surface area contributed by atoms with Gasteiger partial charge in [-0.1, -0.05) is 70.1 Å². The van der Waals surface area contributed by atoms with Crippen LogP contribution in [-0.4, -0.2) is 18.2 Å². The van der Waals surface area contributed by atoms with Crippen molar-refractivity contribution in [2.24, 2.45) is 0 Å². The molecule has 1 heterocycles. The van der Waals surface area contributed by atoms with Crippen molar-refractivity contribution in [2.75, 3.05) is 18.9 Å². The topological polar surface area (TPSA) is 48.1 Å². The lowest BCUT2D eigenvalue weighted by Crippen LogP contribution is -2.14. The van der Waals surface area contributed by atoms with Gasteiger partial charge in [-0.2, -0.15) is 13.2 Å². The summed E-state index contributed by atoms with van der Waals surface area (Å²) in [7, 11) is 0. The monoisotopic (exact) mass is 424 g/mol. The van der Waals surface area contributed by atoms with Gasteiger partial charge in [-0.15, -0.1) is 0 Å². The number of rotatable bonds is 14. The molecule has 2 rings (SSSR count). The largest absolute Gasteiger partial charge is 0.433 e. The maximum atomic E-state index is 13.5. The predicted octanol–water partition coefficient (Wildman–Crippen LogP) is 7.32. The van der Waals surface area contributed by atoms with Crippen LogP contribution in [0.15, 0.2) is 24.3 Å². The molecule has 1 aromatic carbocycles. The smallest absolute Gasteiger partial charge is 0.398 e. The number of ether oxygens (including phenoxy) is 1. The summed E-state index contributed by atoms with van der Waals surface area (Å²) in [6.07, 6.45) is 6.51. The van der Waals surface area contributed by atoms with Crippen molar-refractivity contribution in [3.05, 3.63) is 35.5 Å². The van der Waals surface area contributed by atoms with E-state index in [1.807, 2.05) is 0 Å². The van der Waals surface area contributed by atoms with Gasteiger partial charge in [0.2, 0.25) is 0 Å². The third kappa shape index (κ3) is 7.78. The van der Waals surface area contributed by atoms with E-state index in [0.717, 1.165) is 51.7 Å². The number of nitrogens with two attached hydrogens (primary N) is 1. The lowest BCUT2D eigenvalue weighted by molar-refractivity contribution is -0.141. The van der Waals surface area contributed by atoms with Crippen LogP contribution in [0.3, 0.4) is 0 Å². The normalized spacial score (nSPS) is 12.0. The fourth-order valence-electron chi connectivity index (χ4n) is 3.71. The Hall–Kier alpha value is -1.82. The number of hydrogen-bond donors (Lipinski definition) is 1. The van der Waals surface area contributed by atoms with Crippen molar-refractivity contribution in [3.8, 4) is 0 Å². The Morgan fingerprint density at radius 2 is 1.47 bits per heavy atom. The van der Waals surface area contributed by atoms with Crippen molar-refractivity contribution >= 4 is 16.6 Å². The molecular weight excluding hydrogens is 389 g/mol. The lowest BCUT2D eigenvalue weighted by atomic mass is 9.99. The Balaban J connectivity index is 1.72. The summed E-state index contributed by atoms with van der Waals surface area (Å²) in [4.78, 5) is 3.87. The van der Waals surface area contributed by atoms with E-state index in [9.17, 15) is 13.2 Å². The zero-order valence-corrected chi connectivity index (χ0v) is 18.1. The molecule has 6 heteroatoms. The molecule has 1 aromatic heterocycles. The van der Waals surface area contributed by atoms with E-state index in [1.165, 1.54) is 19.3 Å². The first-order valence-electron chi connectivity index (χ1n) is 11.3. The highest BCUT2D eigenvalue weighted by Gasteiger charge is 2.36. The second-order valence-electron chi connectivity index (χ2n) is 7.91. The summed E-state index contributed by atoms with van der Waals surface area (Å²) in [6, 6.07) is 6.74. The Kier molecular flexibility index (Phi) is 10.4. The summed E-state index contributed by atoms with van der Waals surface area (Å²) >= 11 is 0. The molecule has 2 N–H and O–H groups in total. The summed E-state index contributed by atoms with van der Waals surface area (Å²) < 4.78 is 46.1. The minimum Gasteiger partial charge on any atom is -0.398 e. The van der Waals surface area contributed by atoms with E-state index in [-0.39, 0.29) is 11.3 Å². The van der Waals surface area contributed by atoms with Gasteiger partial charge in [0.15, 0.2) is 0 Å². The number of pyridine rings is 1. The molecule has 3 nitrogen and oxygen atoms in total. The maximum Gasteiger partial charge on any atom is 0.433 e. The number of alkyl halides is 3. The highest BCUT2D eigenvalue weighted by atomic mass is 19.4. The molecule has 0 atom stereocenters. The Labute approximate surface area is 178 Å². The molecule has 0 aliphatic rings. The summed E-state index contributed by atoms with van der Waals surface area (Å²) in [5.41, 5.74) is 5.91. The summed E-state index contributed by atoms with van der Waals surface area (Å²) in [6.45, 7) is 3.85. The number of nitrogens with zero attached hydrogens (tertiary/aromatic N) is 1. The first-order chi connectivity index (χ1) is 14.4. The van der Waals surface area contributed by atoms with Crippen LogP contribution in [0.1, 0.15) is 82.4 Å². The van der Waals surface area contributed by atoms with Crippen LogP contribution >= 0.6 is 0 Å². The fourth-order valence-corrected chi connectivity index (χ4v) is 3.71. The second-order valence-corrected chi connectivity index (χ2v) is 7.91. The minimum atomic E-state index is -4.50. The quantitative estimate of drug-likeness (QED) is 0.323. The molecule has 0 radical (unpaired) electrons. The Morgan fingerprint density at radius 1 is 0.867 bits per heavy atom. The molecule has 0 bridgehead atoms. The number of fused-ring (bicyclic) bond motifs is 1. The van der Waals surface area contributed by atoms with Crippen LogP contribution in [0, 0.1) is 0 Å². The first-order valence-corrected chi connectivity index (χ1v) is 11.3. The number of para-hydroxylation sites is 1. The van der Waals surface area contributed by atoms with Gasteiger partial charge >= 0.3 is 6.18 Å². The van der Waals surface area contributed by atoms with E-state index in [2.05, 4.69) is 11.9 Å². The van der Waals surface area contributed by atoms with Gasteiger partial charge in [0.05, 0.1) is 5.52 Å². The molecular formula is C24H35F3N2O. The van der Waals surface area contributed by atoms with Crippen LogP contribution in [-0.2, 0) is 17.3 Å². The molecule has 30 heavy (non-hydrogen) atoms. The third-order valence-corrected chi connectivity index (χ3v) is 5.41. The van der Waals surface area contributed by atoms with Crippen LogP contribution < -0.4 is 5.73 Å². The van der Waals surface area contributed by atoms with Crippen molar-refractivity contribution in [1.29, 1.82) is 0 Å². The molecule has 0 unspecified atom stereocenters. The maximum absolute atomic E-state index is 13.5. The van der Waals surface area contributed by atoms with E-state index in [1.54, 1.807) is 24.3 Å². The second kappa shape index (κ2) is 12.8. The molecule has 168 valence electrons. The Morgan fingerprint density at radius 3 is 2.13 bits per heavy atom. The molecule has 0 saturated heterocycles.